The van der Waals surface area contributed by atoms with Gasteiger partial charge in [0.05, 0.1) is 0 Å². The van der Waals surface area contributed by atoms with Crippen LogP contribution in [0, 0.1) is 17.8 Å². The number of hydrogen-bond acceptors (Lipinski definition) is 0. The molecule has 3 rings (SSSR count). The molecule has 20 heavy (non-hydrogen) atoms. The molecule has 0 aliphatic heterocycles. The Morgan fingerprint density at radius 3 is 2.60 bits per heavy atom. The van der Waals surface area contributed by atoms with Gasteiger partial charge in [0.1, 0.15) is 0 Å². The zero-order valence-electron chi connectivity index (χ0n) is 12.5. The third kappa shape index (κ3) is 2.75. The second kappa shape index (κ2) is 6.43. The molecule has 0 nitrogen and oxygen atoms in total. The summed E-state index contributed by atoms with van der Waals surface area (Å²) >= 11 is 0. The van der Waals surface area contributed by atoms with E-state index < -0.39 is 0 Å². The van der Waals surface area contributed by atoms with Crippen molar-refractivity contribution in [1.82, 2.24) is 0 Å². The second-order valence-corrected chi connectivity index (χ2v) is 6.42. The maximum atomic E-state index is 2.48. The van der Waals surface area contributed by atoms with Gasteiger partial charge in [0.2, 0.25) is 0 Å². The minimum atomic E-state index is 0.760. The van der Waals surface area contributed by atoms with Gasteiger partial charge in [0.15, 0.2) is 0 Å². The summed E-state index contributed by atoms with van der Waals surface area (Å²) in [6.07, 6.45) is 16.3. The van der Waals surface area contributed by atoms with Gasteiger partial charge in [-0.3, -0.25) is 0 Å². The summed E-state index contributed by atoms with van der Waals surface area (Å²) in [5, 5.41) is 0. The number of rotatable bonds is 5. The molecule has 0 amide bonds. The maximum absolute atomic E-state index is 2.48. The summed E-state index contributed by atoms with van der Waals surface area (Å²) in [4.78, 5) is 0. The number of allylic oxidation sites excluding steroid dienone is 4. The first-order chi connectivity index (χ1) is 9.90. The highest BCUT2D eigenvalue weighted by atomic mass is 14.4. The summed E-state index contributed by atoms with van der Waals surface area (Å²) in [5.74, 6) is 3.16. The van der Waals surface area contributed by atoms with Crippen LogP contribution >= 0.6 is 0 Å². The maximum Gasteiger partial charge on any atom is -0.0122 e. The van der Waals surface area contributed by atoms with Crippen molar-refractivity contribution in [1.29, 1.82) is 0 Å². The molecule has 0 saturated heterocycles. The monoisotopic (exact) mass is 266 g/mol. The topological polar surface area (TPSA) is 0 Å². The van der Waals surface area contributed by atoms with E-state index in [4.69, 9.17) is 0 Å². The SMILES string of the molecule is CCCCCC1C(c2ccccc2)CC2C=CC=CC21. The molecule has 2 aliphatic carbocycles. The van der Waals surface area contributed by atoms with Crippen molar-refractivity contribution >= 4 is 0 Å². The van der Waals surface area contributed by atoms with E-state index in [0.29, 0.717) is 0 Å². The Kier molecular flexibility index (Phi) is 4.40. The van der Waals surface area contributed by atoms with Crippen molar-refractivity contribution in [2.24, 2.45) is 17.8 Å². The summed E-state index contributed by atoms with van der Waals surface area (Å²) in [6, 6.07) is 11.2. The first-order valence-corrected chi connectivity index (χ1v) is 8.30. The standard InChI is InChI=1S/C20H26/c1-2-3-5-14-19-18-13-9-8-12-17(18)15-20(19)16-10-6-4-7-11-16/h4,6-13,17-20H,2-3,5,14-15H2,1H3. The Morgan fingerprint density at radius 1 is 1.00 bits per heavy atom. The van der Waals surface area contributed by atoms with Crippen LogP contribution in [0.3, 0.4) is 0 Å². The van der Waals surface area contributed by atoms with Gasteiger partial charge in [-0.1, -0.05) is 80.8 Å². The van der Waals surface area contributed by atoms with Crippen LogP contribution < -0.4 is 0 Å². The van der Waals surface area contributed by atoms with Crippen molar-refractivity contribution in [3.63, 3.8) is 0 Å². The quantitative estimate of drug-likeness (QED) is 0.597. The van der Waals surface area contributed by atoms with Crippen molar-refractivity contribution in [3.05, 3.63) is 60.2 Å². The van der Waals surface area contributed by atoms with Crippen molar-refractivity contribution in [2.45, 2.75) is 44.9 Å². The molecule has 0 heterocycles. The van der Waals surface area contributed by atoms with E-state index in [9.17, 15) is 0 Å². The summed E-state index contributed by atoms with van der Waals surface area (Å²) in [7, 11) is 0. The predicted molar refractivity (Wildman–Crippen MR) is 86.7 cm³/mol. The molecule has 1 aromatic rings. The average molecular weight is 266 g/mol. The third-order valence-electron chi connectivity index (χ3n) is 5.20. The Morgan fingerprint density at radius 2 is 1.80 bits per heavy atom. The molecular formula is C20H26. The molecule has 106 valence electrons. The second-order valence-electron chi connectivity index (χ2n) is 6.42. The fourth-order valence-corrected chi connectivity index (χ4v) is 4.21. The minimum Gasteiger partial charge on any atom is -0.0808 e. The molecule has 0 spiro atoms. The van der Waals surface area contributed by atoms with Crippen molar-refractivity contribution < 1.29 is 0 Å². The molecular weight excluding hydrogens is 240 g/mol. The highest BCUT2D eigenvalue weighted by molar-refractivity contribution is 5.27. The van der Waals surface area contributed by atoms with Gasteiger partial charge in [0, 0.05) is 0 Å². The van der Waals surface area contributed by atoms with E-state index in [1.807, 2.05) is 0 Å². The highest BCUT2D eigenvalue weighted by Crippen LogP contribution is 2.51. The largest absolute Gasteiger partial charge is 0.0808 e. The van der Waals surface area contributed by atoms with Crippen LogP contribution in [-0.4, -0.2) is 0 Å². The first-order valence-electron chi connectivity index (χ1n) is 8.30. The molecule has 0 aromatic heterocycles. The lowest BCUT2D eigenvalue weighted by molar-refractivity contribution is 0.356. The van der Waals surface area contributed by atoms with Gasteiger partial charge in [-0.2, -0.15) is 0 Å². The molecule has 0 N–H and O–H groups in total. The lowest BCUT2D eigenvalue weighted by Crippen LogP contribution is -2.15. The molecule has 0 heteroatoms. The minimum absolute atomic E-state index is 0.760. The number of benzene rings is 1. The molecule has 0 bridgehead atoms. The normalized spacial score (nSPS) is 31.4. The van der Waals surface area contributed by atoms with Crippen molar-refractivity contribution in [2.75, 3.05) is 0 Å². The van der Waals surface area contributed by atoms with E-state index in [1.165, 1.54) is 32.1 Å². The molecule has 0 radical (unpaired) electrons. The molecule has 4 atom stereocenters. The van der Waals surface area contributed by atoms with Crippen LogP contribution in [0.15, 0.2) is 54.6 Å². The fourth-order valence-electron chi connectivity index (χ4n) is 4.21. The van der Waals surface area contributed by atoms with Crippen LogP contribution in [0.1, 0.15) is 50.5 Å². The van der Waals surface area contributed by atoms with Gasteiger partial charge in [-0.25, -0.2) is 0 Å². The Balaban J connectivity index is 1.80. The summed E-state index contributed by atoms with van der Waals surface area (Å²) in [6.45, 7) is 2.30. The Labute approximate surface area is 123 Å². The predicted octanol–water partition coefficient (Wildman–Crippen LogP) is 5.73. The first kappa shape index (κ1) is 13.7. The van der Waals surface area contributed by atoms with Crippen LogP contribution in [-0.2, 0) is 0 Å². The zero-order valence-corrected chi connectivity index (χ0v) is 12.5. The molecule has 1 saturated carbocycles. The van der Waals surface area contributed by atoms with Gasteiger partial charge in [0.25, 0.3) is 0 Å². The van der Waals surface area contributed by atoms with Crippen LogP contribution in [0.4, 0.5) is 0 Å². The van der Waals surface area contributed by atoms with Gasteiger partial charge in [-0.05, 0) is 42.1 Å². The highest BCUT2D eigenvalue weighted by Gasteiger charge is 2.41. The molecule has 4 unspecified atom stereocenters. The van der Waals surface area contributed by atoms with Crippen LogP contribution in [0.5, 0.6) is 0 Å². The summed E-state index contributed by atoms with van der Waals surface area (Å²) in [5.41, 5.74) is 1.56. The lowest BCUT2D eigenvalue weighted by Gasteiger charge is -2.25. The molecule has 1 fully saturated rings. The Hall–Kier alpha value is -1.30. The zero-order chi connectivity index (χ0) is 13.8. The van der Waals surface area contributed by atoms with Crippen LogP contribution in [0.2, 0.25) is 0 Å². The average Bonchev–Trinajstić information content (AvgIpc) is 2.87. The van der Waals surface area contributed by atoms with E-state index in [1.54, 1.807) is 5.56 Å². The van der Waals surface area contributed by atoms with Gasteiger partial charge >= 0.3 is 0 Å². The Bertz CT molecular complexity index is 468. The number of fused-ring (bicyclic) bond motifs is 1. The van der Waals surface area contributed by atoms with E-state index in [-0.39, 0.29) is 0 Å². The number of unbranched alkanes of at least 4 members (excludes halogenated alkanes) is 2. The molecule has 1 aromatic carbocycles. The third-order valence-corrected chi connectivity index (χ3v) is 5.20. The van der Waals surface area contributed by atoms with Crippen LogP contribution in [0.25, 0.3) is 0 Å². The number of hydrogen-bond donors (Lipinski definition) is 0. The summed E-state index contributed by atoms with van der Waals surface area (Å²) < 4.78 is 0. The smallest absolute Gasteiger partial charge is 0.0122 e. The van der Waals surface area contributed by atoms with Gasteiger partial charge < -0.3 is 0 Å². The molecule has 2 aliphatic rings. The fraction of sp³-hybridized carbons (Fsp3) is 0.500. The lowest BCUT2D eigenvalue weighted by atomic mass is 9.79. The van der Waals surface area contributed by atoms with Gasteiger partial charge in [-0.15, -0.1) is 0 Å². The van der Waals surface area contributed by atoms with E-state index in [0.717, 1.165) is 23.7 Å². The van der Waals surface area contributed by atoms with E-state index >= 15 is 0 Å². The van der Waals surface area contributed by atoms with E-state index in [2.05, 4.69) is 61.6 Å². The van der Waals surface area contributed by atoms with Crippen molar-refractivity contribution in [3.8, 4) is 0 Å².